The summed E-state index contributed by atoms with van der Waals surface area (Å²) in [6.07, 6.45) is 1.30. The van der Waals surface area contributed by atoms with Gasteiger partial charge in [0.15, 0.2) is 0 Å². The van der Waals surface area contributed by atoms with Gasteiger partial charge in [-0.05, 0) is 18.2 Å². The molecule has 5 heteroatoms. The molecule has 0 amide bonds. The van der Waals surface area contributed by atoms with E-state index < -0.39 is 5.82 Å². The Morgan fingerprint density at radius 3 is 2.67 bits per heavy atom. The highest BCUT2D eigenvalue weighted by Gasteiger charge is 2.05. The van der Waals surface area contributed by atoms with Gasteiger partial charge in [-0.25, -0.2) is 4.39 Å². The van der Waals surface area contributed by atoms with Crippen LogP contribution in [0.25, 0.3) is 0 Å². The minimum atomic E-state index is -0.587. The number of phenols is 1. The standard InChI is InChI=1S/C13H10ClFN2O/c14-11-6-9(12(15)7-13(11)18)8-16-17-10-4-2-1-3-5-10/h1-8,17-18H. The van der Waals surface area contributed by atoms with Gasteiger partial charge < -0.3 is 5.11 Å². The molecule has 0 radical (unpaired) electrons. The number of hydrogen-bond donors (Lipinski definition) is 2. The lowest BCUT2D eigenvalue weighted by Crippen LogP contribution is -1.93. The molecule has 0 aliphatic heterocycles. The van der Waals surface area contributed by atoms with Gasteiger partial charge in [0.05, 0.1) is 16.9 Å². The van der Waals surface area contributed by atoms with E-state index in [-0.39, 0.29) is 16.3 Å². The van der Waals surface area contributed by atoms with Crippen LogP contribution in [0.3, 0.4) is 0 Å². The third-order valence-corrected chi connectivity index (χ3v) is 2.54. The van der Waals surface area contributed by atoms with Gasteiger partial charge in [-0.15, -0.1) is 0 Å². The molecule has 18 heavy (non-hydrogen) atoms. The highest BCUT2D eigenvalue weighted by molar-refractivity contribution is 6.32. The normalized spacial score (nSPS) is 10.8. The lowest BCUT2D eigenvalue weighted by molar-refractivity contribution is 0.469. The van der Waals surface area contributed by atoms with E-state index in [1.165, 1.54) is 12.3 Å². The van der Waals surface area contributed by atoms with E-state index in [1.807, 2.05) is 30.3 Å². The number of rotatable bonds is 3. The summed E-state index contributed by atoms with van der Waals surface area (Å²) in [5.74, 6) is -0.877. The number of nitrogens with one attached hydrogen (secondary N) is 1. The number of para-hydroxylation sites is 1. The predicted molar refractivity (Wildman–Crippen MR) is 70.7 cm³/mol. The van der Waals surface area contributed by atoms with Crippen molar-refractivity contribution in [3.05, 3.63) is 58.9 Å². The van der Waals surface area contributed by atoms with E-state index in [4.69, 9.17) is 11.6 Å². The molecule has 0 atom stereocenters. The first-order chi connectivity index (χ1) is 8.66. The Morgan fingerprint density at radius 2 is 1.94 bits per heavy atom. The number of nitrogens with zero attached hydrogens (tertiary/aromatic N) is 1. The van der Waals surface area contributed by atoms with Gasteiger partial charge in [0, 0.05) is 11.6 Å². The Hall–Kier alpha value is -2.07. The van der Waals surface area contributed by atoms with Crippen LogP contribution in [0.15, 0.2) is 47.6 Å². The molecule has 0 unspecified atom stereocenters. The maximum Gasteiger partial charge on any atom is 0.137 e. The lowest BCUT2D eigenvalue weighted by Gasteiger charge is -2.01. The number of phenolic OH excluding ortho intramolecular Hbond substituents is 1. The third-order valence-electron chi connectivity index (χ3n) is 2.24. The van der Waals surface area contributed by atoms with E-state index in [1.54, 1.807) is 0 Å². The average molecular weight is 265 g/mol. The summed E-state index contributed by atoms with van der Waals surface area (Å²) in [7, 11) is 0. The monoisotopic (exact) mass is 264 g/mol. The van der Waals surface area contributed by atoms with Crippen LogP contribution in [-0.4, -0.2) is 11.3 Å². The van der Waals surface area contributed by atoms with Gasteiger partial charge in [0.2, 0.25) is 0 Å². The molecular formula is C13H10ClFN2O. The fraction of sp³-hybridized carbons (Fsp3) is 0. The smallest absolute Gasteiger partial charge is 0.137 e. The summed E-state index contributed by atoms with van der Waals surface area (Å²) in [4.78, 5) is 0. The number of hydrazone groups is 1. The summed E-state index contributed by atoms with van der Waals surface area (Å²) in [5.41, 5.74) is 3.74. The molecule has 0 heterocycles. The second kappa shape index (κ2) is 5.51. The van der Waals surface area contributed by atoms with Crippen LogP contribution in [0.1, 0.15) is 5.56 Å². The first-order valence-electron chi connectivity index (χ1n) is 5.19. The molecule has 0 aliphatic rings. The fourth-order valence-corrected chi connectivity index (χ4v) is 1.51. The van der Waals surface area contributed by atoms with Crippen molar-refractivity contribution in [2.75, 3.05) is 5.43 Å². The molecule has 0 saturated heterocycles. The van der Waals surface area contributed by atoms with E-state index in [2.05, 4.69) is 10.5 Å². The molecule has 2 N–H and O–H groups in total. The second-order valence-corrected chi connectivity index (χ2v) is 3.97. The van der Waals surface area contributed by atoms with Gasteiger partial charge in [0.1, 0.15) is 11.6 Å². The van der Waals surface area contributed by atoms with E-state index in [0.717, 1.165) is 11.8 Å². The number of benzene rings is 2. The van der Waals surface area contributed by atoms with Crippen molar-refractivity contribution in [2.24, 2.45) is 5.10 Å². The Labute approximate surface area is 109 Å². The summed E-state index contributed by atoms with van der Waals surface area (Å²) >= 11 is 5.68. The maximum atomic E-state index is 13.4. The highest BCUT2D eigenvalue weighted by atomic mass is 35.5. The molecule has 0 aromatic heterocycles. The van der Waals surface area contributed by atoms with Gasteiger partial charge in [-0.2, -0.15) is 5.10 Å². The Morgan fingerprint density at radius 1 is 1.22 bits per heavy atom. The second-order valence-electron chi connectivity index (χ2n) is 3.56. The minimum Gasteiger partial charge on any atom is -0.506 e. The minimum absolute atomic E-state index is 0.0811. The Balaban J connectivity index is 2.12. The van der Waals surface area contributed by atoms with E-state index in [0.29, 0.717) is 0 Å². The number of anilines is 1. The van der Waals surface area contributed by atoms with Gasteiger partial charge in [-0.3, -0.25) is 5.43 Å². The maximum absolute atomic E-state index is 13.4. The number of halogens is 2. The van der Waals surface area contributed by atoms with Crippen molar-refractivity contribution in [1.29, 1.82) is 0 Å². The zero-order chi connectivity index (χ0) is 13.0. The molecule has 3 nitrogen and oxygen atoms in total. The van der Waals surface area contributed by atoms with Crippen molar-refractivity contribution in [2.45, 2.75) is 0 Å². The van der Waals surface area contributed by atoms with Crippen molar-refractivity contribution in [3.8, 4) is 5.75 Å². The predicted octanol–water partition coefficient (Wildman–Crippen LogP) is 3.63. The molecule has 0 saturated carbocycles. The third kappa shape index (κ3) is 2.99. The van der Waals surface area contributed by atoms with Crippen molar-refractivity contribution >= 4 is 23.5 Å². The summed E-state index contributed by atoms with van der Waals surface area (Å²) in [6, 6.07) is 11.5. The van der Waals surface area contributed by atoms with Crippen molar-refractivity contribution in [1.82, 2.24) is 0 Å². The zero-order valence-electron chi connectivity index (χ0n) is 9.27. The Bertz CT molecular complexity index is 573. The van der Waals surface area contributed by atoms with Gasteiger partial charge in [-0.1, -0.05) is 29.8 Å². The van der Waals surface area contributed by atoms with Crippen LogP contribution in [0.5, 0.6) is 5.75 Å². The van der Waals surface area contributed by atoms with Crippen LogP contribution < -0.4 is 5.43 Å². The van der Waals surface area contributed by atoms with Crippen LogP contribution in [0, 0.1) is 5.82 Å². The molecular weight excluding hydrogens is 255 g/mol. The Kier molecular flexibility index (Phi) is 3.79. The van der Waals surface area contributed by atoms with Crippen LogP contribution >= 0.6 is 11.6 Å². The summed E-state index contributed by atoms with van der Waals surface area (Å²) < 4.78 is 13.4. The number of aromatic hydroxyl groups is 1. The fourth-order valence-electron chi connectivity index (χ4n) is 1.34. The molecule has 2 aromatic carbocycles. The van der Waals surface area contributed by atoms with Crippen molar-refractivity contribution < 1.29 is 9.50 Å². The number of hydrogen-bond acceptors (Lipinski definition) is 3. The SMILES string of the molecule is Oc1cc(F)c(C=NNc2ccccc2)cc1Cl. The molecule has 2 aromatic rings. The topological polar surface area (TPSA) is 44.6 Å². The average Bonchev–Trinajstić information content (AvgIpc) is 2.37. The van der Waals surface area contributed by atoms with Crippen LogP contribution in [0.2, 0.25) is 5.02 Å². The molecule has 0 fully saturated rings. The zero-order valence-corrected chi connectivity index (χ0v) is 10.0. The first-order valence-corrected chi connectivity index (χ1v) is 5.57. The summed E-state index contributed by atoms with van der Waals surface area (Å²) in [5, 5.41) is 13.2. The van der Waals surface area contributed by atoms with Crippen molar-refractivity contribution in [3.63, 3.8) is 0 Å². The molecule has 92 valence electrons. The molecule has 0 spiro atoms. The quantitative estimate of drug-likeness (QED) is 0.657. The highest BCUT2D eigenvalue weighted by Crippen LogP contribution is 2.25. The van der Waals surface area contributed by atoms with E-state index in [9.17, 15) is 9.50 Å². The molecule has 0 aliphatic carbocycles. The summed E-state index contributed by atoms with van der Waals surface area (Å²) in [6.45, 7) is 0. The van der Waals surface area contributed by atoms with Crippen LogP contribution in [-0.2, 0) is 0 Å². The largest absolute Gasteiger partial charge is 0.506 e. The van der Waals surface area contributed by atoms with Crippen LogP contribution in [0.4, 0.5) is 10.1 Å². The van der Waals surface area contributed by atoms with Gasteiger partial charge >= 0.3 is 0 Å². The van der Waals surface area contributed by atoms with E-state index >= 15 is 0 Å². The first kappa shape index (κ1) is 12.4. The lowest BCUT2D eigenvalue weighted by atomic mass is 10.2. The molecule has 0 bridgehead atoms. The van der Waals surface area contributed by atoms with Gasteiger partial charge in [0.25, 0.3) is 0 Å². The molecule has 2 rings (SSSR count).